The molecule has 1 aromatic heterocycles. The van der Waals surface area contributed by atoms with E-state index < -0.39 is 5.79 Å². The summed E-state index contributed by atoms with van der Waals surface area (Å²) in [6, 6.07) is 3.25. The standard InChI is InChI=1S/C17H17NO5/c19-14(15-2-1-9-20-15)4-3-13-12-16(23-18-13)5-7-17(8-6-16)21-10-11-22-17/h1-2,9H,5-8,10-12H2. The highest BCUT2D eigenvalue weighted by Gasteiger charge is 2.50. The number of oxime groups is 1. The number of hydrogen-bond acceptors (Lipinski definition) is 6. The molecule has 0 bridgehead atoms. The number of rotatable bonds is 1. The van der Waals surface area contributed by atoms with Crippen LogP contribution < -0.4 is 0 Å². The minimum Gasteiger partial charge on any atom is -0.460 e. The molecule has 2 fully saturated rings. The number of ether oxygens (including phenoxy) is 2. The van der Waals surface area contributed by atoms with E-state index in [1.807, 2.05) is 0 Å². The lowest BCUT2D eigenvalue weighted by atomic mass is 9.78. The summed E-state index contributed by atoms with van der Waals surface area (Å²) in [5.41, 5.74) is 0.285. The van der Waals surface area contributed by atoms with Gasteiger partial charge in [0.2, 0.25) is 0 Å². The highest BCUT2D eigenvalue weighted by atomic mass is 16.7. The van der Waals surface area contributed by atoms with E-state index in [9.17, 15) is 4.79 Å². The largest absolute Gasteiger partial charge is 0.460 e. The molecular weight excluding hydrogens is 298 g/mol. The number of hydrogen-bond donors (Lipinski definition) is 0. The van der Waals surface area contributed by atoms with Gasteiger partial charge in [-0.2, -0.15) is 0 Å². The Bertz CT molecular complexity index is 678. The van der Waals surface area contributed by atoms with Crippen LogP contribution in [0.15, 0.2) is 28.0 Å². The van der Waals surface area contributed by atoms with E-state index in [0.717, 1.165) is 25.7 Å². The molecule has 6 nitrogen and oxygen atoms in total. The summed E-state index contributed by atoms with van der Waals surface area (Å²) in [6.45, 7) is 1.33. The number of carbonyl (C=O) groups is 1. The van der Waals surface area contributed by atoms with E-state index in [2.05, 4.69) is 17.0 Å². The van der Waals surface area contributed by atoms with Crippen molar-refractivity contribution in [3.63, 3.8) is 0 Å². The molecule has 1 aromatic rings. The molecule has 6 heteroatoms. The van der Waals surface area contributed by atoms with Crippen LogP contribution in [0.25, 0.3) is 0 Å². The maximum atomic E-state index is 11.8. The highest BCUT2D eigenvalue weighted by molar-refractivity contribution is 6.12. The zero-order valence-electron chi connectivity index (χ0n) is 12.7. The van der Waals surface area contributed by atoms with E-state index in [0.29, 0.717) is 25.3 Å². The first-order valence-corrected chi connectivity index (χ1v) is 7.82. The molecule has 0 radical (unpaired) electrons. The fourth-order valence-corrected chi connectivity index (χ4v) is 3.33. The van der Waals surface area contributed by atoms with Crippen LogP contribution in [0.2, 0.25) is 0 Å². The van der Waals surface area contributed by atoms with Gasteiger partial charge in [-0.15, -0.1) is 0 Å². The Morgan fingerprint density at radius 2 is 1.96 bits per heavy atom. The molecule has 120 valence electrons. The molecule has 1 saturated carbocycles. The van der Waals surface area contributed by atoms with Gasteiger partial charge in [0.1, 0.15) is 11.3 Å². The van der Waals surface area contributed by atoms with Crippen molar-refractivity contribution in [3.05, 3.63) is 24.2 Å². The Balaban J connectivity index is 1.37. The van der Waals surface area contributed by atoms with E-state index >= 15 is 0 Å². The summed E-state index contributed by atoms with van der Waals surface area (Å²) in [6.07, 6.45) is 5.30. The molecule has 0 N–H and O–H groups in total. The molecular formula is C17H17NO5. The molecule has 2 aliphatic heterocycles. The van der Waals surface area contributed by atoms with Crippen LogP contribution in [0.3, 0.4) is 0 Å². The van der Waals surface area contributed by atoms with Crippen LogP contribution in [0.1, 0.15) is 42.7 Å². The monoisotopic (exact) mass is 315 g/mol. The quantitative estimate of drug-likeness (QED) is 0.452. The summed E-state index contributed by atoms with van der Waals surface area (Å²) >= 11 is 0. The minimum atomic E-state index is -0.418. The van der Waals surface area contributed by atoms with Gasteiger partial charge in [0.05, 0.1) is 19.5 Å². The first-order chi connectivity index (χ1) is 11.2. The van der Waals surface area contributed by atoms with Crippen molar-refractivity contribution in [2.45, 2.75) is 43.5 Å². The van der Waals surface area contributed by atoms with Gasteiger partial charge in [0.15, 0.2) is 11.5 Å². The van der Waals surface area contributed by atoms with Crippen LogP contribution in [0.4, 0.5) is 0 Å². The number of ketones is 1. The molecule has 2 spiro atoms. The van der Waals surface area contributed by atoms with Gasteiger partial charge in [0.25, 0.3) is 5.78 Å². The Labute approximate surface area is 133 Å². The first-order valence-electron chi connectivity index (χ1n) is 7.82. The van der Waals surface area contributed by atoms with Gasteiger partial charge >= 0.3 is 0 Å². The smallest absolute Gasteiger partial charge is 0.271 e. The van der Waals surface area contributed by atoms with Gasteiger partial charge in [-0.3, -0.25) is 4.79 Å². The Morgan fingerprint density at radius 1 is 1.17 bits per heavy atom. The summed E-state index contributed by atoms with van der Waals surface area (Å²) in [4.78, 5) is 17.5. The summed E-state index contributed by atoms with van der Waals surface area (Å²) < 4.78 is 16.5. The van der Waals surface area contributed by atoms with Gasteiger partial charge in [0, 0.05) is 19.3 Å². The molecule has 0 amide bonds. The van der Waals surface area contributed by atoms with Crippen LogP contribution in [-0.2, 0) is 14.3 Å². The normalized spacial score (nSPS) is 24.1. The maximum absolute atomic E-state index is 11.8. The lowest BCUT2D eigenvalue weighted by molar-refractivity contribution is -0.206. The van der Waals surface area contributed by atoms with Gasteiger partial charge < -0.3 is 18.7 Å². The molecule has 0 aromatic carbocycles. The number of furan rings is 1. The molecule has 1 saturated heterocycles. The molecule has 3 aliphatic rings. The average Bonchev–Trinajstić information content (AvgIpc) is 3.30. The number of carbonyl (C=O) groups excluding carboxylic acids is 1. The predicted molar refractivity (Wildman–Crippen MR) is 79.8 cm³/mol. The van der Waals surface area contributed by atoms with Crippen molar-refractivity contribution < 1.29 is 23.5 Å². The van der Waals surface area contributed by atoms with Gasteiger partial charge in [-0.05, 0) is 36.8 Å². The van der Waals surface area contributed by atoms with Crippen molar-refractivity contribution in [2.24, 2.45) is 5.16 Å². The summed E-state index contributed by atoms with van der Waals surface area (Å²) in [5.74, 6) is 4.83. The zero-order valence-corrected chi connectivity index (χ0v) is 12.7. The van der Waals surface area contributed by atoms with E-state index in [-0.39, 0.29) is 17.1 Å². The third-order valence-corrected chi connectivity index (χ3v) is 4.64. The second kappa shape index (κ2) is 5.52. The second-order valence-electron chi connectivity index (χ2n) is 6.15. The Morgan fingerprint density at radius 3 is 2.65 bits per heavy atom. The SMILES string of the molecule is O=C(C#CC1=NOC2(CCC3(CC2)OCCO3)C1)c1ccco1. The van der Waals surface area contributed by atoms with Crippen LogP contribution in [-0.4, -0.2) is 36.1 Å². The fourth-order valence-electron chi connectivity index (χ4n) is 3.33. The van der Waals surface area contributed by atoms with Crippen molar-refractivity contribution in [1.29, 1.82) is 0 Å². The van der Waals surface area contributed by atoms with Crippen molar-refractivity contribution >= 4 is 11.5 Å². The van der Waals surface area contributed by atoms with Gasteiger partial charge in [-0.1, -0.05) is 5.16 Å². The fraction of sp³-hybridized carbons (Fsp3) is 0.529. The average molecular weight is 315 g/mol. The van der Waals surface area contributed by atoms with E-state index in [1.165, 1.54) is 6.26 Å². The topological polar surface area (TPSA) is 70.3 Å². The van der Waals surface area contributed by atoms with Crippen LogP contribution >= 0.6 is 0 Å². The zero-order chi connectivity index (χ0) is 15.8. The maximum Gasteiger partial charge on any atom is 0.271 e. The Hall–Kier alpha value is -2.10. The molecule has 4 rings (SSSR count). The van der Waals surface area contributed by atoms with E-state index in [1.54, 1.807) is 12.1 Å². The van der Waals surface area contributed by atoms with Gasteiger partial charge in [-0.25, -0.2) is 0 Å². The van der Waals surface area contributed by atoms with Crippen molar-refractivity contribution in [2.75, 3.05) is 13.2 Å². The molecule has 23 heavy (non-hydrogen) atoms. The van der Waals surface area contributed by atoms with Crippen molar-refractivity contribution in [1.82, 2.24) is 0 Å². The third-order valence-electron chi connectivity index (χ3n) is 4.64. The molecule has 0 unspecified atom stereocenters. The Kier molecular flexibility index (Phi) is 3.47. The predicted octanol–water partition coefficient (Wildman–Crippen LogP) is 2.30. The second-order valence-corrected chi connectivity index (χ2v) is 6.15. The van der Waals surface area contributed by atoms with E-state index in [4.69, 9.17) is 18.7 Å². The van der Waals surface area contributed by atoms with Crippen molar-refractivity contribution in [3.8, 4) is 11.8 Å². The van der Waals surface area contributed by atoms with Crippen LogP contribution in [0, 0.1) is 11.8 Å². The minimum absolute atomic E-state index is 0.238. The lowest BCUT2D eigenvalue weighted by Crippen LogP contribution is -2.43. The number of nitrogens with zero attached hydrogens (tertiary/aromatic N) is 1. The first kappa shape index (κ1) is 14.5. The molecule has 3 heterocycles. The summed E-state index contributed by atoms with van der Waals surface area (Å²) in [5, 5.41) is 4.06. The molecule has 1 aliphatic carbocycles. The lowest BCUT2D eigenvalue weighted by Gasteiger charge is -2.39. The van der Waals surface area contributed by atoms with Crippen LogP contribution in [0.5, 0.6) is 0 Å². The highest BCUT2D eigenvalue weighted by Crippen LogP contribution is 2.45. The third kappa shape index (κ3) is 2.78. The number of Topliss-reactive ketones (excluding diaryl/α,β-unsaturated/α-hetero) is 1. The molecule has 0 atom stereocenters. The summed E-state index contributed by atoms with van der Waals surface area (Å²) in [7, 11) is 0.